The maximum atomic E-state index is 10.2. The van der Waals surface area contributed by atoms with E-state index in [1.54, 1.807) is 7.11 Å². The van der Waals surface area contributed by atoms with Crippen molar-refractivity contribution in [1.29, 1.82) is 0 Å². The van der Waals surface area contributed by atoms with E-state index in [0.29, 0.717) is 5.76 Å². The summed E-state index contributed by atoms with van der Waals surface area (Å²) in [5, 5.41) is 11.2. The third-order valence-corrected chi connectivity index (χ3v) is 3.14. The van der Waals surface area contributed by atoms with Crippen LogP contribution in [0, 0.1) is 6.92 Å². The lowest BCUT2D eigenvalue weighted by Gasteiger charge is -2.27. The topological polar surface area (TPSA) is 42.6 Å². The Kier molecular flexibility index (Phi) is 2.98. The first-order chi connectivity index (χ1) is 7.94. The summed E-state index contributed by atoms with van der Waals surface area (Å²) in [6, 6.07) is 7.81. The van der Waals surface area contributed by atoms with E-state index in [2.05, 4.69) is 0 Å². The third kappa shape index (κ3) is 2.21. The molecule has 1 heterocycles. The lowest BCUT2D eigenvalue weighted by atomic mass is 9.99. The highest BCUT2D eigenvalue weighted by atomic mass is 16.5. The van der Waals surface area contributed by atoms with Gasteiger partial charge in [0.25, 0.3) is 0 Å². The second kappa shape index (κ2) is 4.17. The Morgan fingerprint density at radius 3 is 2.65 bits per heavy atom. The zero-order valence-electron chi connectivity index (χ0n) is 10.7. The first-order valence-electron chi connectivity index (χ1n) is 5.67. The standard InChI is InChI=1S/C14H18O3/c1-9-5-6-11-10(7-9)8-12(17-11)13(15)14(2,3)16-4/h5-8,13,15H,1-4H3. The van der Waals surface area contributed by atoms with Gasteiger partial charge in [0.15, 0.2) is 0 Å². The van der Waals surface area contributed by atoms with Gasteiger partial charge < -0.3 is 14.3 Å². The molecule has 17 heavy (non-hydrogen) atoms. The predicted molar refractivity (Wildman–Crippen MR) is 67.0 cm³/mol. The van der Waals surface area contributed by atoms with E-state index in [-0.39, 0.29) is 0 Å². The number of ether oxygens (including phenoxy) is 1. The van der Waals surface area contributed by atoms with Crippen LogP contribution in [0.25, 0.3) is 11.0 Å². The molecule has 1 aromatic carbocycles. The minimum absolute atomic E-state index is 0.539. The van der Waals surface area contributed by atoms with Gasteiger partial charge in [-0.3, -0.25) is 0 Å². The minimum atomic E-state index is -0.778. The van der Waals surface area contributed by atoms with Crippen LogP contribution in [0.2, 0.25) is 0 Å². The highest BCUT2D eigenvalue weighted by Gasteiger charge is 2.31. The number of aryl methyl sites for hydroxylation is 1. The zero-order chi connectivity index (χ0) is 12.6. The lowest BCUT2D eigenvalue weighted by Crippen LogP contribution is -2.31. The van der Waals surface area contributed by atoms with E-state index in [1.807, 2.05) is 45.0 Å². The average molecular weight is 234 g/mol. The van der Waals surface area contributed by atoms with Gasteiger partial charge >= 0.3 is 0 Å². The lowest BCUT2D eigenvalue weighted by molar-refractivity contribution is -0.0867. The van der Waals surface area contributed by atoms with Crippen molar-refractivity contribution >= 4 is 11.0 Å². The van der Waals surface area contributed by atoms with Crippen molar-refractivity contribution in [3.8, 4) is 0 Å². The Hall–Kier alpha value is -1.32. The van der Waals surface area contributed by atoms with Gasteiger partial charge in [0, 0.05) is 12.5 Å². The summed E-state index contributed by atoms with van der Waals surface area (Å²) >= 11 is 0. The number of aliphatic hydroxyl groups excluding tert-OH is 1. The molecule has 3 heteroatoms. The van der Waals surface area contributed by atoms with Crippen LogP contribution >= 0.6 is 0 Å². The van der Waals surface area contributed by atoms with E-state index in [9.17, 15) is 5.11 Å². The number of hydrogen-bond donors (Lipinski definition) is 1. The van der Waals surface area contributed by atoms with E-state index in [1.165, 1.54) is 5.56 Å². The van der Waals surface area contributed by atoms with E-state index >= 15 is 0 Å². The van der Waals surface area contributed by atoms with Gasteiger partial charge in [0.1, 0.15) is 17.4 Å². The molecule has 1 atom stereocenters. The van der Waals surface area contributed by atoms with E-state index < -0.39 is 11.7 Å². The molecule has 0 radical (unpaired) electrons. The Balaban J connectivity index is 2.43. The molecule has 0 saturated carbocycles. The molecule has 0 saturated heterocycles. The van der Waals surface area contributed by atoms with Crippen LogP contribution in [0.5, 0.6) is 0 Å². The molecular weight excluding hydrogens is 216 g/mol. The third-order valence-electron chi connectivity index (χ3n) is 3.14. The first-order valence-corrected chi connectivity index (χ1v) is 5.67. The van der Waals surface area contributed by atoms with Crippen molar-refractivity contribution in [2.24, 2.45) is 0 Å². The van der Waals surface area contributed by atoms with Gasteiger partial charge in [-0.25, -0.2) is 0 Å². The van der Waals surface area contributed by atoms with Gasteiger partial charge in [0.05, 0.1) is 5.60 Å². The van der Waals surface area contributed by atoms with Crippen LogP contribution in [-0.2, 0) is 4.74 Å². The molecular formula is C14H18O3. The fourth-order valence-electron chi connectivity index (χ4n) is 1.77. The molecule has 92 valence electrons. The van der Waals surface area contributed by atoms with E-state index in [4.69, 9.17) is 9.15 Å². The minimum Gasteiger partial charge on any atom is -0.458 e. The van der Waals surface area contributed by atoms with E-state index in [0.717, 1.165) is 11.0 Å². The van der Waals surface area contributed by atoms with Crippen molar-refractivity contribution in [3.63, 3.8) is 0 Å². The van der Waals surface area contributed by atoms with Crippen molar-refractivity contribution in [2.75, 3.05) is 7.11 Å². The summed E-state index contributed by atoms with van der Waals surface area (Å²) < 4.78 is 10.9. The highest BCUT2D eigenvalue weighted by Crippen LogP contribution is 2.32. The second-order valence-corrected chi connectivity index (χ2v) is 4.90. The number of rotatable bonds is 3. The molecule has 2 aromatic rings. The summed E-state index contributed by atoms with van der Waals surface area (Å²) in [5.74, 6) is 0.539. The summed E-state index contributed by atoms with van der Waals surface area (Å²) in [5.41, 5.74) is 1.30. The number of hydrogen-bond acceptors (Lipinski definition) is 3. The van der Waals surface area contributed by atoms with Gasteiger partial charge in [0.2, 0.25) is 0 Å². The Morgan fingerprint density at radius 1 is 1.29 bits per heavy atom. The van der Waals surface area contributed by atoms with Crippen LogP contribution in [0.15, 0.2) is 28.7 Å². The molecule has 0 aliphatic rings. The maximum Gasteiger partial charge on any atom is 0.140 e. The Labute approximate surface area is 101 Å². The van der Waals surface area contributed by atoms with Gasteiger partial charge in [-0.1, -0.05) is 11.6 Å². The average Bonchev–Trinajstić information content (AvgIpc) is 2.70. The molecule has 1 N–H and O–H groups in total. The smallest absolute Gasteiger partial charge is 0.140 e. The molecule has 0 aliphatic carbocycles. The fraction of sp³-hybridized carbons (Fsp3) is 0.429. The number of fused-ring (bicyclic) bond motifs is 1. The van der Waals surface area contributed by atoms with Crippen LogP contribution in [0.3, 0.4) is 0 Å². The normalized spacial score (nSPS) is 14.2. The largest absolute Gasteiger partial charge is 0.458 e. The summed E-state index contributed by atoms with van der Waals surface area (Å²) in [6.07, 6.45) is -0.778. The number of methoxy groups -OCH3 is 1. The van der Waals surface area contributed by atoms with Gasteiger partial charge in [-0.2, -0.15) is 0 Å². The number of furan rings is 1. The summed E-state index contributed by atoms with van der Waals surface area (Å²) in [4.78, 5) is 0. The van der Waals surface area contributed by atoms with Gasteiger partial charge in [-0.05, 0) is 39.0 Å². The van der Waals surface area contributed by atoms with Crippen LogP contribution in [-0.4, -0.2) is 17.8 Å². The molecule has 1 aromatic heterocycles. The van der Waals surface area contributed by atoms with Crippen molar-refractivity contribution in [1.82, 2.24) is 0 Å². The SMILES string of the molecule is COC(C)(C)C(O)c1cc2cc(C)ccc2o1. The molecule has 1 unspecified atom stereocenters. The number of benzene rings is 1. The fourth-order valence-corrected chi connectivity index (χ4v) is 1.77. The molecule has 0 aliphatic heterocycles. The van der Waals surface area contributed by atoms with Crippen LogP contribution < -0.4 is 0 Å². The highest BCUT2D eigenvalue weighted by molar-refractivity contribution is 5.78. The molecule has 2 rings (SSSR count). The second-order valence-electron chi connectivity index (χ2n) is 4.90. The zero-order valence-corrected chi connectivity index (χ0v) is 10.7. The summed E-state index contributed by atoms with van der Waals surface area (Å²) in [7, 11) is 1.58. The molecule has 0 amide bonds. The number of aliphatic hydroxyl groups is 1. The maximum absolute atomic E-state index is 10.2. The Morgan fingerprint density at radius 2 is 2.00 bits per heavy atom. The summed E-state index contributed by atoms with van der Waals surface area (Å²) in [6.45, 7) is 5.69. The van der Waals surface area contributed by atoms with Crippen molar-refractivity contribution < 1.29 is 14.3 Å². The molecule has 3 nitrogen and oxygen atoms in total. The van der Waals surface area contributed by atoms with Crippen molar-refractivity contribution in [2.45, 2.75) is 32.5 Å². The van der Waals surface area contributed by atoms with Crippen LogP contribution in [0.4, 0.5) is 0 Å². The molecule has 0 bridgehead atoms. The van der Waals surface area contributed by atoms with Crippen molar-refractivity contribution in [3.05, 3.63) is 35.6 Å². The van der Waals surface area contributed by atoms with Gasteiger partial charge in [-0.15, -0.1) is 0 Å². The monoisotopic (exact) mass is 234 g/mol. The molecule has 0 spiro atoms. The predicted octanol–water partition coefficient (Wildman–Crippen LogP) is 3.20. The first kappa shape index (κ1) is 12.1. The molecule has 0 fully saturated rings. The van der Waals surface area contributed by atoms with Crippen LogP contribution in [0.1, 0.15) is 31.3 Å². The quantitative estimate of drug-likeness (QED) is 0.886. The Bertz CT molecular complexity index is 525.